The minimum atomic E-state index is -0.631. The number of carbonyl (C=O) groups excluding carboxylic acids is 2. The average Bonchev–Trinajstić information content (AvgIpc) is 2.94. The summed E-state index contributed by atoms with van der Waals surface area (Å²) in [6.45, 7) is 2.72. The average molecular weight is 495 g/mol. The van der Waals surface area contributed by atoms with E-state index < -0.39 is 6.04 Å². The van der Waals surface area contributed by atoms with Gasteiger partial charge in [-0.2, -0.15) is 0 Å². The minimum Gasteiger partial charge on any atom is -0.497 e. The van der Waals surface area contributed by atoms with Crippen molar-refractivity contribution in [3.05, 3.63) is 114 Å². The molecule has 0 aromatic heterocycles. The van der Waals surface area contributed by atoms with Crippen molar-refractivity contribution in [2.45, 2.75) is 38.8 Å². The molecule has 4 aromatic rings. The summed E-state index contributed by atoms with van der Waals surface area (Å²) < 4.78 is 5.40. The number of benzene rings is 4. The van der Waals surface area contributed by atoms with Gasteiger partial charge >= 0.3 is 0 Å². The van der Waals surface area contributed by atoms with E-state index in [0.29, 0.717) is 32.4 Å². The molecule has 0 saturated heterocycles. The maximum atomic E-state index is 13.9. The zero-order valence-corrected chi connectivity index (χ0v) is 21.5. The molecule has 0 aliphatic rings. The van der Waals surface area contributed by atoms with Gasteiger partial charge < -0.3 is 15.0 Å². The van der Waals surface area contributed by atoms with E-state index in [1.807, 2.05) is 79.7 Å². The van der Waals surface area contributed by atoms with Gasteiger partial charge in [0.05, 0.1) is 7.11 Å². The Morgan fingerprint density at radius 1 is 0.865 bits per heavy atom. The van der Waals surface area contributed by atoms with Crippen LogP contribution in [-0.2, 0) is 29.0 Å². The van der Waals surface area contributed by atoms with Crippen LogP contribution >= 0.6 is 0 Å². The van der Waals surface area contributed by atoms with Crippen LogP contribution in [0.25, 0.3) is 10.8 Å². The second-order valence-electron chi connectivity index (χ2n) is 9.11. The van der Waals surface area contributed by atoms with E-state index in [-0.39, 0.29) is 11.8 Å². The molecule has 190 valence electrons. The van der Waals surface area contributed by atoms with Crippen molar-refractivity contribution in [2.24, 2.45) is 0 Å². The maximum Gasteiger partial charge on any atom is 0.243 e. The summed E-state index contributed by atoms with van der Waals surface area (Å²) in [5, 5.41) is 5.26. The lowest BCUT2D eigenvalue weighted by Gasteiger charge is -2.31. The van der Waals surface area contributed by atoms with Gasteiger partial charge in [-0.1, -0.05) is 84.9 Å². The molecule has 0 fully saturated rings. The van der Waals surface area contributed by atoms with Crippen LogP contribution in [-0.4, -0.2) is 36.4 Å². The fourth-order valence-corrected chi connectivity index (χ4v) is 4.71. The van der Waals surface area contributed by atoms with Gasteiger partial charge in [-0.15, -0.1) is 0 Å². The van der Waals surface area contributed by atoms with Crippen LogP contribution in [0.15, 0.2) is 97.1 Å². The van der Waals surface area contributed by atoms with Crippen LogP contribution in [0.3, 0.4) is 0 Å². The van der Waals surface area contributed by atoms with Crippen LogP contribution in [0.5, 0.6) is 5.75 Å². The molecular weight excluding hydrogens is 460 g/mol. The van der Waals surface area contributed by atoms with Gasteiger partial charge in [-0.3, -0.25) is 9.59 Å². The third-order valence-electron chi connectivity index (χ3n) is 6.60. The first-order chi connectivity index (χ1) is 18.1. The number of aryl methyl sites for hydroxylation is 1. The molecule has 5 heteroatoms. The van der Waals surface area contributed by atoms with E-state index in [1.165, 1.54) is 0 Å². The monoisotopic (exact) mass is 494 g/mol. The lowest BCUT2D eigenvalue weighted by atomic mass is 9.99. The molecule has 1 atom stereocenters. The first kappa shape index (κ1) is 26.0. The normalized spacial score (nSPS) is 11.6. The van der Waals surface area contributed by atoms with Gasteiger partial charge in [-0.05, 0) is 52.9 Å². The Hall–Kier alpha value is -4.12. The molecular formula is C32H34N2O3. The molecule has 0 aliphatic carbocycles. The van der Waals surface area contributed by atoms with Gasteiger partial charge in [0.2, 0.25) is 11.8 Å². The Balaban J connectivity index is 1.64. The number of carbonyl (C=O) groups is 2. The number of nitrogens with zero attached hydrogens (tertiary/aromatic N) is 1. The second kappa shape index (κ2) is 12.7. The summed E-state index contributed by atoms with van der Waals surface area (Å²) >= 11 is 0. The lowest BCUT2D eigenvalue weighted by Crippen LogP contribution is -2.50. The molecule has 4 aromatic carbocycles. The predicted octanol–water partition coefficient (Wildman–Crippen LogP) is 5.56. The molecule has 2 amide bonds. The Morgan fingerprint density at radius 3 is 2.35 bits per heavy atom. The van der Waals surface area contributed by atoms with E-state index in [2.05, 4.69) is 29.6 Å². The third kappa shape index (κ3) is 6.76. The number of rotatable bonds is 11. The maximum absolute atomic E-state index is 13.9. The van der Waals surface area contributed by atoms with Gasteiger partial charge in [0, 0.05) is 25.9 Å². The second-order valence-corrected chi connectivity index (χ2v) is 9.11. The highest BCUT2D eigenvalue weighted by molar-refractivity contribution is 5.89. The number of ether oxygens (including phenoxy) is 1. The Bertz CT molecular complexity index is 1330. The number of hydrogen-bond acceptors (Lipinski definition) is 3. The Kier molecular flexibility index (Phi) is 8.93. The zero-order valence-electron chi connectivity index (χ0n) is 21.5. The largest absolute Gasteiger partial charge is 0.497 e. The smallest absolute Gasteiger partial charge is 0.243 e. The van der Waals surface area contributed by atoms with E-state index in [9.17, 15) is 9.59 Å². The Labute approximate surface area is 219 Å². The third-order valence-corrected chi connectivity index (χ3v) is 6.60. The predicted molar refractivity (Wildman–Crippen MR) is 148 cm³/mol. The quantitative estimate of drug-likeness (QED) is 0.297. The summed E-state index contributed by atoms with van der Waals surface area (Å²) in [6.07, 6.45) is 1.35. The van der Waals surface area contributed by atoms with E-state index >= 15 is 0 Å². The summed E-state index contributed by atoms with van der Waals surface area (Å²) in [7, 11) is 1.62. The Morgan fingerprint density at radius 2 is 1.57 bits per heavy atom. The molecule has 0 aliphatic heterocycles. The first-order valence-electron chi connectivity index (χ1n) is 12.8. The van der Waals surface area contributed by atoms with E-state index in [1.54, 1.807) is 12.0 Å². The van der Waals surface area contributed by atoms with Gasteiger partial charge in [0.1, 0.15) is 11.8 Å². The van der Waals surface area contributed by atoms with Gasteiger partial charge in [-0.25, -0.2) is 0 Å². The molecule has 0 saturated carbocycles. The van der Waals surface area contributed by atoms with Gasteiger partial charge in [0.25, 0.3) is 0 Å². The standard InChI is InChI=1S/C32H34N2O3/c1-3-33-32(36)30(22-24-11-5-4-6-12-24)34(23-25-13-9-17-28(21-25)37-2)31(35)20-19-27-16-10-15-26-14-7-8-18-29(26)27/h4-18,21,30H,3,19-20,22-23H2,1-2H3,(H,33,36)/t30-/m0/s1. The summed E-state index contributed by atoms with van der Waals surface area (Å²) in [6, 6.07) is 31.3. The summed E-state index contributed by atoms with van der Waals surface area (Å²) in [4.78, 5) is 28.9. The summed E-state index contributed by atoms with van der Waals surface area (Å²) in [5.74, 6) is 0.522. The highest BCUT2D eigenvalue weighted by Crippen LogP contribution is 2.22. The van der Waals surface area contributed by atoms with Crippen molar-refractivity contribution >= 4 is 22.6 Å². The van der Waals surface area contributed by atoms with Crippen LogP contribution in [0, 0.1) is 0 Å². The number of fused-ring (bicyclic) bond motifs is 1. The van der Waals surface area contributed by atoms with Crippen LogP contribution in [0.2, 0.25) is 0 Å². The number of amides is 2. The van der Waals surface area contributed by atoms with E-state index in [0.717, 1.165) is 33.2 Å². The molecule has 5 nitrogen and oxygen atoms in total. The van der Waals surface area contributed by atoms with Crippen molar-refractivity contribution in [2.75, 3.05) is 13.7 Å². The number of nitrogens with one attached hydrogen (secondary N) is 1. The van der Waals surface area contributed by atoms with Crippen molar-refractivity contribution in [1.29, 1.82) is 0 Å². The van der Waals surface area contributed by atoms with Gasteiger partial charge in [0.15, 0.2) is 0 Å². The number of methoxy groups -OCH3 is 1. The molecule has 0 heterocycles. The molecule has 1 N–H and O–H groups in total. The highest BCUT2D eigenvalue weighted by Gasteiger charge is 2.30. The van der Waals surface area contributed by atoms with Crippen LogP contribution < -0.4 is 10.1 Å². The highest BCUT2D eigenvalue weighted by atomic mass is 16.5. The van der Waals surface area contributed by atoms with Crippen molar-refractivity contribution in [3.63, 3.8) is 0 Å². The first-order valence-corrected chi connectivity index (χ1v) is 12.8. The molecule has 0 spiro atoms. The topological polar surface area (TPSA) is 58.6 Å². The zero-order chi connectivity index (χ0) is 26.0. The molecule has 0 unspecified atom stereocenters. The molecule has 37 heavy (non-hydrogen) atoms. The molecule has 0 bridgehead atoms. The van der Waals surface area contributed by atoms with Crippen LogP contribution in [0.1, 0.15) is 30.0 Å². The number of hydrogen-bond donors (Lipinski definition) is 1. The van der Waals surface area contributed by atoms with Crippen molar-refractivity contribution in [3.8, 4) is 5.75 Å². The SMILES string of the molecule is CCNC(=O)[C@H](Cc1ccccc1)N(Cc1cccc(OC)c1)C(=O)CCc1cccc2ccccc12. The van der Waals surface area contributed by atoms with Crippen molar-refractivity contribution in [1.82, 2.24) is 10.2 Å². The van der Waals surface area contributed by atoms with E-state index in [4.69, 9.17) is 4.74 Å². The molecule has 4 rings (SSSR count). The fraction of sp³-hybridized carbons (Fsp3) is 0.250. The lowest BCUT2D eigenvalue weighted by molar-refractivity contribution is -0.141. The van der Waals surface area contributed by atoms with Crippen LogP contribution in [0.4, 0.5) is 0 Å². The summed E-state index contributed by atoms with van der Waals surface area (Å²) in [5.41, 5.74) is 3.06. The molecule has 0 radical (unpaired) electrons. The van der Waals surface area contributed by atoms with Crippen molar-refractivity contribution < 1.29 is 14.3 Å². The fourth-order valence-electron chi connectivity index (χ4n) is 4.71. The number of likely N-dealkylation sites (N-methyl/N-ethyl adjacent to an activating group) is 1. The minimum absolute atomic E-state index is 0.0528.